The molecular formula is C27H34FN9. The SMILES string of the molecule is CC(c1ccc(N2CCC[C@@H](NCC3=C=C(F)C3)C2)cn1)n1cc(-c2cncc(N3CCCC3)n2)nn1.[HH]. The van der Waals surface area contributed by atoms with Crippen LogP contribution < -0.4 is 15.1 Å². The summed E-state index contributed by atoms with van der Waals surface area (Å²) in [5.41, 5.74) is 7.25. The lowest BCUT2D eigenvalue weighted by atomic mass is 10.0. The van der Waals surface area contributed by atoms with E-state index in [2.05, 4.69) is 55.2 Å². The highest BCUT2D eigenvalue weighted by atomic mass is 19.1. The lowest BCUT2D eigenvalue weighted by Crippen LogP contribution is -2.46. The van der Waals surface area contributed by atoms with E-state index in [-0.39, 0.29) is 13.3 Å². The molecule has 5 heterocycles. The van der Waals surface area contributed by atoms with Gasteiger partial charge in [-0.05, 0) is 50.3 Å². The van der Waals surface area contributed by atoms with Gasteiger partial charge in [-0.15, -0.1) is 5.10 Å². The molecule has 0 radical (unpaired) electrons. The first-order valence-electron chi connectivity index (χ1n) is 13.2. The maximum atomic E-state index is 12.9. The van der Waals surface area contributed by atoms with Crippen LogP contribution in [0.4, 0.5) is 15.9 Å². The molecule has 9 nitrogen and oxygen atoms in total. The zero-order valence-electron chi connectivity index (χ0n) is 21.1. The van der Waals surface area contributed by atoms with Gasteiger partial charge in [0, 0.05) is 46.6 Å². The maximum absolute atomic E-state index is 12.9. The fraction of sp³-hybridized carbons (Fsp3) is 0.481. The largest absolute Gasteiger partial charge is 0.369 e. The third-order valence-electron chi connectivity index (χ3n) is 7.49. The standard InChI is InChI=1S/C27H32FN9.H2/c1-19(37-18-26(33-34-37)25-15-29-16-27(32-25)35-8-2-3-9-35)24-7-6-23(14-31-24)36-10-4-5-22(17-36)30-13-20-11-21(28)12-20;/h6-7,14-16,18-19,22,30H,2-5,8-11,13,17H2,1H3;1H/t19?,22-;/m1./s1. The summed E-state index contributed by atoms with van der Waals surface area (Å²) in [6.45, 7) is 6.76. The monoisotopic (exact) mass is 503 g/mol. The van der Waals surface area contributed by atoms with Gasteiger partial charge >= 0.3 is 0 Å². The average Bonchev–Trinajstić information content (AvgIpc) is 3.64. The Kier molecular flexibility index (Phi) is 6.68. The predicted octanol–water partition coefficient (Wildman–Crippen LogP) is 3.93. The molecule has 0 bridgehead atoms. The summed E-state index contributed by atoms with van der Waals surface area (Å²) in [7, 11) is 0. The fourth-order valence-electron chi connectivity index (χ4n) is 5.24. The van der Waals surface area contributed by atoms with Crippen molar-refractivity contribution >= 4 is 11.5 Å². The number of aromatic nitrogens is 6. The summed E-state index contributed by atoms with van der Waals surface area (Å²) in [4.78, 5) is 18.6. The molecule has 6 rings (SSSR count). The molecule has 1 N–H and O–H groups in total. The van der Waals surface area contributed by atoms with E-state index in [0.29, 0.717) is 24.7 Å². The number of hydrogen-bond donors (Lipinski definition) is 1. The molecule has 3 aromatic rings. The van der Waals surface area contributed by atoms with E-state index in [9.17, 15) is 4.39 Å². The summed E-state index contributed by atoms with van der Waals surface area (Å²) < 4.78 is 14.7. The van der Waals surface area contributed by atoms with Crippen molar-refractivity contribution in [1.29, 1.82) is 0 Å². The van der Waals surface area contributed by atoms with E-state index in [4.69, 9.17) is 9.97 Å². The molecule has 0 spiro atoms. The summed E-state index contributed by atoms with van der Waals surface area (Å²) in [5.74, 6) is 0.765. The average molecular weight is 504 g/mol. The highest BCUT2D eigenvalue weighted by molar-refractivity contribution is 5.54. The number of halogens is 1. The molecule has 0 aromatic carbocycles. The van der Waals surface area contributed by atoms with Crippen molar-refractivity contribution in [3.63, 3.8) is 0 Å². The lowest BCUT2D eigenvalue weighted by molar-refractivity contribution is 0.430. The molecular weight excluding hydrogens is 469 g/mol. The van der Waals surface area contributed by atoms with Gasteiger partial charge in [-0.3, -0.25) is 9.97 Å². The maximum Gasteiger partial charge on any atom is 0.147 e. The number of piperidine rings is 1. The van der Waals surface area contributed by atoms with Crippen LogP contribution in [-0.4, -0.2) is 68.7 Å². The molecule has 1 aliphatic carbocycles. The van der Waals surface area contributed by atoms with Crippen molar-refractivity contribution in [3.05, 3.63) is 59.7 Å². The third kappa shape index (κ3) is 5.26. The van der Waals surface area contributed by atoms with Gasteiger partial charge in [0.05, 0.1) is 42.2 Å². The van der Waals surface area contributed by atoms with E-state index < -0.39 is 0 Å². The summed E-state index contributed by atoms with van der Waals surface area (Å²) >= 11 is 0. The van der Waals surface area contributed by atoms with Crippen LogP contribution in [0.1, 0.15) is 52.2 Å². The normalized spacial score (nSPS) is 20.4. The van der Waals surface area contributed by atoms with E-state index in [1.807, 2.05) is 23.3 Å². The number of nitrogens with zero attached hydrogens (tertiary/aromatic N) is 8. The zero-order valence-corrected chi connectivity index (χ0v) is 21.1. The van der Waals surface area contributed by atoms with Gasteiger partial charge in [0.15, 0.2) is 0 Å². The molecule has 2 saturated heterocycles. The van der Waals surface area contributed by atoms with Gasteiger partial charge in [0.25, 0.3) is 0 Å². The second-order valence-corrected chi connectivity index (χ2v) is 10.1. The second-order valence-electron chi connectivity index (χ2n) is 10.1. The summed E-state index contributed by atoms with van der Waals surface area (Å²) in [5, 5.41) is 12.3. The Hall–Kier alpha value is -3.62. The molecule has 1 unspecified atom stereocenters. The molecule has 194 valence electrons. The summed E-state index contributed by atoms with van der Waals surface area (Å²) in [6.07, 6.45) is 12.5. The van der Waals surface area contributed by atoms with Crippen LogP contribution in [-0.2, 0) is 0 Å². The van der Waals surface area contributed by atoms with Crippen molar-refractivity contribution < 1.29 is 5.82 Å². The minimum absolute atomic E-state index is 0. The first-order chi connectivity index (χ1) is 18.1. The fourth-order valence-corrected chi connectivity index (χ4v) is 5.24. The molecule has 0 amide bonds. The molecule has 3 aromatic heterocycles. The topological polar surface area (TPSA) is 87.9 Å². The van der Waals surface area contributed by atoms with E-state index in [1.165, 1.54) is 12.8 Å². The first-order valence-corrected chi connectivity index (χ1v) is 13.2. The minimum atomic E-state index is -0.134. The van der Waals surface area contributed by atoms with Crippen molar-refractivity contribution in [1.82, 2.24) is 35.3 Å². The molecule has 0 saturated carbocycles. The van der Waals surface area contributed by atoms with Crippen LogP contribution in [0.3, 0.4) is 0 Å². The number of anilines is 2. The lowest BCUT2D eigenvalue weighted by Gasteiger charge is -2.35. The van der Waals surface area contributed by atoms with Crippen molar-refractivity contribution in [3.8, 4) is 11.4 Å². The Morgan fingerprint density at radius 1 is 1.11 bits per heavy atom. The molecule has 10 heteroatoms. The van der Waals surface area contributed by atoms with Crippen LogP contribution >= 0.6 is 0 Å². The molecule has 2 aliphatic heterocycles. The van der Waals surface area contributed by atoms with E-state index in [1.54, 1.807) is 6.20 Å². The predicted molar refractivity (Wildman–Crippen MR) is 142 cm³/mol. The van der Waals surface area contributed by atoms with Crippen molar-refractivity contribution in [2.45, 2.75) is 51.1 Å². The zero-order chi connectivity index (χ0) is 25.2. The molecule has 2 fully saturated rings. The van der Waals surface area contributed by atoms with E-state index in [0.717, 1.165) is 67.5 Å². The number of rotatable bonds is 8. The van der Waals surface area contributed by atoms with Gasteiger partial charge in [-0.25, -0.2) is 14.1 Å². The Balaban J connectivity index is 0.00000294. The Labute approximate surface area is 217 Å². The molecule has 3 aliphatic rings. The smallest absolute Gasteiger partial charge is 0.147 e. The Morgan fingerprint density at radius 3 is 2.73 bits per heavy atom. The van der Waals surface area contributed by atoms with Crippen molar-refractivity contribution in [2.75, 3.05) is 42.5 Å². The highest BCUT2D eigenvalue weighted by Crippen LogP contribution is 2.25. The number of hydrogen-bond acceptors (Lipinski definition) is 8. The molecule has 2 atom stereocenters. The van der Waals surface area contributed by atoms with Gasteiger partial charge < -0.3 is 15.1 Å². The van der Waals surface area contributed by atoms with Crippen LogP contribution in [0, 0.1) is 0 Å². The number of nitrogens with one attached hydrogen (secondary N) is 1. The van der Waals surface area contributed by atoms with Gasteiger partial charge in [0.1, 0.15) is 23.0 Å². The highest BCUT2D eigenvalue weighted by Gasteiger charge is 2.22. The van der Waals surface area contributed by atoms with Crippen LogP contribution in [0.25, 0.3) is 11.4 Å². The van der Waals surface area contributed by atoms with Gasteiger partial charge in [0.2, 0.25) is 0 Å². The Bertz CT molecular complexity index is 1310. The summed E-state index contributed by atoms with van der Waals surface area (Å²) in [6, 6.07) is 4.52. The van der Waals surface area contributed by atoms with Crippen LogP contribution in [0.2, 0.25) is 0 Å². The quantitative estimate of drug-likeness (QED) is 0.463. The van der Waals surface area contributed by atoms with Gasteiger partial charge in [-0.1, -0.05) is 10.9 Å². The number of pyridine rings is 1. The van der Waals surface area contributed by atoms with Crippen molar-refractivity contribution in [2.24, 2.45) is 0 Å². The minimum Gasteiger partial charge on any atom is -0.369 e. The Morgan fingerprint density at radius 2 is 1.95 bits per heavy atom. The van der Waals surface area contributed by atoms with Crippen LogP contribution in [0.5, 0.6) is 0 Å². The first kappa shape index (κ1) is 23.8. The molecule has 37 heavy (non-hydrogen) atoms. The van der Waals surface area contributed by atoms with E-state index >= 15 is 0 Å². The van der Waals surface area contributed by atoms with Gasteiger partial charge in [-0.2, -0.15) is 0 Å². The van der Waals surface area contributed by atoms with Crippen LogP contribution in [0.15, 0.2) is 54.1 Å². The third-order valence-corrected chi connectivity index (χ3v) is 7.49. The second kappa shape index (κ2) is 10.4.